The van der Waals surface area contributed by atoms with Crippen LogP contribution in [0.4, 0.5) is 5.69 Å². The monoisotopic (exact) mass is 276 g/mol. The highest BCUT2D eigenvalue weighted by molar-refractivity contribution is 7.91. The second kappa shape index (κ2) is 5.40. The first-order valence-corrected chi connectivity index (χ1v) is 7.58. The summed E-state index contributed by atoms with van der Waals surface area (Å²) in [6, 6.07) is 9.24. The molecule has 1 heterocycles. The second-order valence-electron chi connectivity index (χ2n) is 4.54. The first-order valence-electron chi connectivity index (χ1n) is 5.93. The van der Waals surface area contributed by atoms with E-state index in [1.54, 1.807) is 12.3 Å². The molecule has 19 heavy (non-hydrogen) atoms. The Kier molecular flexibility index (Phi) is 3.85. The van der Waals surface area contributed by atoms with E-state index in [0.717, 1.165) is 16.7 Å². The summed E-state index contributed by atoms with van der Waals surface area (Å²) in [6.45, 7) is 3.78. The minimum atomic E-state index is -3.42. The van der Waals surface area contributed by atoms with Gasteiger partial charge in [-0.05, 0) is 31.0 Å². The van der Waals surface area contributed by atoms with E-state index in [0.29, 0.717) is 5.69 Å². The molecule has 0 fully saturated rings. The molecule has 2 rings (SSSR count). The van der Waals surface area contributed by atoms with Crippen molar-refractivity contribution in [2.45, 2.75) is 19.6 Å². The van der Waals surface area contributed by atoms with Crippen LogP contribution in [0, 0.1) is 13.8 Å². The van der Waals surface area contributed by atoms with Crippen LogP contribution in [0.3, 0.4) is 0 Å². The van der Waals surface area contributed by atoms with Crippen LogP contribution >= 0.6 is 0 Å². The molecule has 4 nitrogen and oxygen atoms in total. The average Bonchev–Trinajstić information content (AvgIpc) is 2.31. The van der Waals surface area contributed by atoms with Gasteiger partial charge in [-0.25, -0.2) is 8.42 Å². The standard InChI is InChI=1S/C14H16N2O2S/c1-11-4-3-5-13(8-11)10-19(17,18)16-14-9-15-7-6-12(14)2/h3-9,16H,10H2,1-2H3. The van der Waals surface area contributed by atoms with Gasteiger partial charge in [-0.1, -0.05) is 29.8 Å². The van der Waals surface area contributed by atoms with Crippen LogP contribution < -0.4 is 4.72 Å². The van der Waals surface area contributed by atoms with Crippen molar-refractivity contribution >= 4 is 15.7 Å². The first kappa shape index (κ1) is 13.5. The van der Waals surface area contributed by atoms with Crippen molar-refractivity contribution in [3.63, 3.8) is 0 Å². The minimum Gasteiger partial charge on any atom is -0.281 e. The highest BCUT2D eigenvalue weighted by Gasteiger charge is 2.13. The number of anilines is 1. The summed E-state index contributed by atoms with van der Waals surface area (Å²) in [7, 11) is -3.42. The minimum absolute atomic E-state index is 0.0387. The fraction of sp³-hybridized carbons (Fsp3) is 0.214. The van der Waals surface area contributed by atoms with Crippen molar-refractivity contribution in [2.24, 2.45) is 0 Å². The van der Waals surface area contributed by atoms with Crippen molar-refractivity contribution in [3.05, 3.63) is 59.4 Å². The van der Waals surface area contributed by atoms with Gasteiger partial charge in [-0.3, -0.25) is 9.71 Å². The summed E-state index contributed by atoms with van der Waals surface area (Å²) in [4.78, 5) is 3.92. The third-order valence-corrected chi connectivity index (χ3v) is 3.99. The Morgan fingerprint density at radius 2 is 2.00 bits per heavy atom. The van der Waals surface area contributed by atoms with Gasteiger partial charge in [-0.2, -0.15) is 0 Å². The zero-order valence-corrected chi connectivity index (χ0v) is 11.7. The van der Waals surface area contributed by atoms with Gasteiger partial charge in [0, 0.05) is 6.20 Å². The largest absolute Gasteiger partial charge is 0.281 e. The third kappa shape index (κ3) is 3.79. The fourth-order valence-electron chi connectivity index (χ4n) is 1.80. The fourth-order valence-corrected chi connectivity index (χ4v) is 3.04. The Labute approximate surface area is 113 Å². The van der Waals surface area contributed by atoms with E-state index in [4.69, 9.17) is 0 Å². The predicted octanol–water partition coefficient (Wildman–Crippen LogP) is 2.64. The van der Waals surface area contributed by atoms with Crippen molar-refractivity contribution in [2.75, 3.05) is 4.72 Å². The van der Waals surface area contributed by atoms with Gasteiger partial charge in [0.15, 0.2) is 0 Å². The molecule has 100 valence electrons. The first-order chi connectivity index (χ1) is 8.96. The molecular weight excluding hydrogens is 260 g/mol. The molecule has 1 aromatic heterocycles. The maximum absolute atomic E-state index is 12.1. The third-order valence-electron chi connectivity index (χ3n) is 2.74. The zero-order chi connectivity index (χ0) is 13.9. The molecule has 0 atom stereocenters. The van der Waals surface area contributed by atoms with Gasteiger partial charge in [0.05, 0.1) is 17.6 Å². The van der Waals surface area contributed by atoms with Crippen molar-refractivity contribution in [3.8, 4) is 0 Å². The quantitative estimate of drug-likeness (QED) is 0.934. The Morgan fingerprint density at radius 1 is 1.21 bits per heavy atom. The SMILES string of the molecule is Cc1cccc(CS(=O)(=O)Nc2cnccc2C)c1. The second-order valence-corrected chi connectivity index (χ2v) is 6.26. The molecule has 0 amide bonds. The number of sulfonamides is 1. The average molecular weight is 276 g/mol. The van der Waals surface area contributed by atoms with Crippen molar-refractivity contribution in [1.29, 1.82) is 0 Å². The van der Waals surface area contributed by atoms with E-state index in [2.05, 4.69) is 9.71 Å². The number of aromatic nitrogens is 1. The number of nitrogens with zero attached hydrogens (tertiary/aromatic N) is 1. The van der Waals surface area contributed by atoms with Crippen LogP contribution in [0.5, 0.6) is 0 Å². The number of pyridine rings is 1. The molecule has 0 spiro atoms. The Hall–Kier alpha value is -1.88. The molecule has 0 saturated carbocycles. The predicted molar refractivity (Wildman–Crippen MR) is 76.4 cm³/mol. The molecule has 0 bridgehead atoms. The molecular formula is C14H16N2O2S. The lowest BCUT2D eigenvalue weighted by Gasteiger charge is -2.10. The molecule has 0 saturated heterocycles. The maximum atomic E-state index is 12.1. The summed E-state index contributed by atoms with van der Waals surface area (Å²) < 4.78 is 26.8. The number of hydrogen-bond acceptors (Lipinski definition) is 3. The summed E-state index contributed by atoms with van der Waals surface area (Å²) in [5.74, 6) is -0.0387. The van der Waals surface area contributed by atoms with Gasteiger partial charge in [0.25, 0.3) is 0 Å². The molecule has 0 unspecified atom stereocenters. The molecule has 1 N–H and O–H groups in total. The van der Waals surface area contributed by atoms with Crippen LogP contribution in [-0.2, 0) is 15.8 Å². The number of rotatable bonds is 4. The molecule has 2 aromatic rings. The van der Waals surface area contributed by atoms with Crippen molar-refractivity contribution in [1.82, 2.24) is 4.98 Å². The maximum Gasteiger partial charge on any atom is 0.236 e. The topological polar surface area (TPSA) is 59.1 Å². The smallest absolute Gasteiger partial charge is 0.236 e. The van der Waals surface area contributed by atoms with Crippen LogP contribution in [0.1, 0.15) is 16.7 Å². The molecule has 1 aromatic carbocycles. The van der Waals surface area contributed by atoms with Crippen LogP contribution in [0.15, 0.2) is 42.7 Å². The van der Waals surface area contributed by atoms with Gasteiger partial charge in [-0.15, -0.1) is 0 Å². The van der Waals surface area contributed by atoms with Crippen LogP contribution in [-0.4, -0.2) is 13.4 Å². The van der Waals surface area contributed by atoms with Gasteiger partial charge < -0.3 is 0 Å². The van der Waals surface area contributed by atoms with Gasteiger partial charge in [0.2, 0.25) is 10.0 Å². The Morgan fingerprint density at radius 3 is 2.68 bits per heavy atom. The molecule has 0 radical (unpaired) electrons. The lowest BCUT2D eigenvalue weighted by Crippen LogP contribution is -2.16. The number of hydrogen-bond donors (Lipinski definition) is 1. The van der Waals surface area contributed by atoms with E-state index in [1.807, 2.05) is 38.1 Å². The molecule has 0 aliphatic heterocycles. The van der Waals surface area contributed by atoms with Gasteiger partial charge in [0.1, 0.15) is 0 Å². The highest BCUT2D eigenvalue weighted by Crippen LogP contribution is 2.16. The van der Waals surface area contributed by atoms with E-state index in [-0.39, 0.29) is 5.75 Å². The lowest BCUT2D eigenvalue weighted by atomic mass is 10.2. The summed E-state index contributed by atoms with van der Waals surface area (Å²) in [5.41, 5.74) is 3.19. The number of aryl methyl sites for hydroxylation is 2. The molecule has 0 aliphatic rings. The zero-order valence-electron chi connectivity index (χ0n) is 10.9. The van der Waals surface area contributed by atoms with E-state index >= 15 is 0 Å². The van der Waals surface area contributed by atoms with Crippen LogP contribution in [0.2, 0.25) is 0 Å². The normalized spacial score (nSPS) is 11.3. The Bertz CT molecular complexity index is 681. The van der Waals surface area contributed by atoms with E-state index in [1.165, 1.54) is 6.20 Å². The number of benzene rings is 1. The van der Waals surface area contributed by atoms with E-state index in [9.17, 15) is 8.42 Å². The lowest BCUT2D eigenvalue weighted by molar-refractivity contribution is 0.600. The van der Waals surface area contributed by atoms with E-state index < -0.39 is 10.0 Å². The summed E-state index contributed by atoms with van der Waals surface area (Å²) in [6.07, 6.45) is 3.15. The van der Waals surface area contributed by atoms with Crippen LogP contribution in [0.25, 0.3) is 0 Å². The Balaban J connectivity index is 2.18. The number of nitrogens with one attached hydrogen (secondary N) is 1. The summed E-state index contributed by atoms with van der Waals surface area (Å²) >= 11 is 0. The molecule has 5 heteroatoms. The van der Waals surface area contributed by atoms with Crippen molar-refractivity contribution < 1.29 is 8.42 Å². The summed E-state index contributed by atoms with van der Waals surface area (Å²) in [5, 5.41) is 0. The van der Waals surface area contributed by atoms with Gasteiger partial charge >= 0.3 is 0 Å². The molecule has 0 aliphatic carbocycles. The highest BCUT2D eigenvalue weighted by atomic mass is 32.2.